The number of hydrogen-bond acceptors (Lipinski definition) is 5. The Morgan fingerprint density at radius 2 is 1.71 bits per heavy atom. The SMILES string of the molecule is CN1CCN2CCN(Cc3cnc(-c4ccccc4)nc3)C[C@H]2C1. The summed E-state index contributed by atoms with van der Waals surface area (Å²) in [5.74, 6) is 0.804. The Morgan fingerprint density at radius 1 is 0.958 bits per heavy atom. The molecular weight excluding hydrogens is 298 g/mol. The van der Waals surface area contributed by atoms with Crippen LogP contribution in [-0.2, 0) is 6.54 Å². The van der Waals surface area contributed by atoms with Crippen molar-refractivity contribution < 1.29 is 0 Å². The average Bonchev–Trinajstić information content (AvgIpc) is 2.63. The van der Waals surface area contributed by atoms with Crippen molar-refractivity contribution in [1.82, 2.24) is 24.7 Å². The van der Waals surface area contributed by atoms with Crippen LogP contribution in [0.1, 0.15) is 5.56 Å². The fraction of sp³-hybridized carbons (Fsp3) is 0.474. The molecular formula is C19H25N5. The third-order valence-corrected chi connectivity index (χ3v) is 5.12. The summed E-state index contributed by atoms with van der Waals surface area (Å²) >= 11 is 0. The normalized spacial score (nSPS) is 23.1. The molecule has 4 rings (SSSR count). The van der Waals surface area contributed by atoms with Crippen molar-refractivity contribution >= 4 is 0 Å². The molecule has 0 radical (unpaired) electrons. The molecule has 5 nitrogen and oxygen atoms in total. The zero-order valence-electron chi connectivity index (χ0n) is 14.3. The third-order valence-electron chi connectivity index (χ3n) is 5.12. The molecule has 1 aromatic carbocycles. The van der Waals surface area contributed by atoms with Gasteiger partial charge in [-0.2, -0.15) is 0 Å². The summed E-state index contributed by atoms with van der Waals surface area (Å²) in [5, 5.41) is 0. The molecule has 2 saturated heterocycles. The number of hydrogen-bond donors (Lipinski definition) is 0. The Balaban J connectivity index is 1.39. The lowest BCUT2D eigenvalue weighted by molar-refractivity contribution is 0.0174. The lowest BCUT2D eigenvalue weighted by Crippen LogP contribution is -2.61. The molecule has 0 bridgehead atoms. The lowest BCUT2D eigenvalue weighted by atomic mass is 10.1. The van der Waals surface area contributed by atoms with Gasteiger partial charge in [0.05, 0.1) is 0 Å². The minimum Gasteiger partial charge on any atom is -0.303 e. The summed E-state index contributed by atoms with van der Waals surface area (Å²) < 4.78 is 0. The Bertz CT molecular complexity index is 657. The topological polar surface area (TPSA) is 35.5 Å². The number of benzene rings is 1. The van der Waals surface area contributed by atoms with Gasteiger partial charge in [0.2, 0.25) is 0 Å². The largest absolute Gasteiger partial charge is 0.303 e. The number of rotatable bonds is 3. The molecule has 2 aliphatic heterocycles. The van der Waals surface area contributed by atoms with Crippen molar-refractivity contribution in [3.05, 3.63) is 48.3 Å². The van der Waals surface area contributed by atoms with E-state index in [4.69, 9.17) is 0 Å². The van der Waals surface area contributed by atoms with E-state index in [9.17, 15) is 0 Å². The average molecular weight is 323 g/mol. The van der Waals surface area contributed by atoms with E-state index in [1.165, 1.54) is 31.7 Å². The van der Waals surface area contributed by atoms with Crippen LogP contribution in [0.3, 0.4) is 0 Å². The van der Waals surface area contributed by atoms with Crippen LogP contribution in [0.4, 0.5) is 0 Å². The fourth-order valence-electron chi connectivity index (χ4n) is 3.75. The molecule has 24 heavy (non-hydrogen) atoms. The van der Waals surface area contributed by atoms with Crippen LogP contribution in [0, 0.1) is 0 Å². The van der Waals surface area contributed by atoms with Crippen LogP contribution in [0.2, 0.25) is 0 Å². The van der Waals surface area contributed by atoms with Crippen LogP contribution >= 0.6 is 0 Å². The van der Waals surface area contributed by atoms with Crippen molar-refractivity contribution in [2.75, 3.05) is 46.3 Å². The molecule has 1 aromatic heterocycles. The first kappa shape index (κ1) is 15.7. The van der Waals surface area contributed by atoms with Crippen molar-refractivity contribution in [3.63, 3.8) is 0 Å². The van der Waals surface area contributed by atoms with Crippen molar-refractivity contribution in [2.45, 2.75) is 12.6 Å². The third kappa shape index (κ3) is 3.48. The van der Waals surface area contributed by atoms with Gasteiger partial charge in [0.15, 0.2) is 5.82 Å². The monoisotopic (exact) mass is 323 g/mol. The first-order valence-electron chi connectivity index (χ1n) is 8.79. The van der Waals surface area contributed by atoms with E-state index in [-0.39, 0.29) is 0 Å². The van der Waals surface area contributed by atoms with Gasteiger partial charge in [0, 0.05) is 75.4 Å². The van der Waals surface area contributed by atoms with E-state index in [0.29, 0.717) is 6.04 Å². The van der Waals surface area contributed by atoms with Gasteiger partial charge in [0.25, 0.3) is 0 Å². The predicted molar refractivity (Wildman–Crippen MR) is 95.6 cm³/mol. The van der Waals surface area contributed by atoms with Crippen LogP contribution in [0.5, 0.6) is 0 Å². The summed E-state index contributed by atoms with van der Waals surface area (Å²) in [4.78, 5) is 16.7. The van der Waals surface area contributed by atoms with Gasteiger partial charge in [0.1, 0.15) is 0 Å². The molecule has 0 saturated carbocycles. The molecule has 2 aromatic rings. The Hall–Kier alpha value is -1.82. The van der Waals surface area contributed by atoms with Crippen LogP contribution in [0.15, 0.2) is 42.7 Å². The zero-order chi connectivity index (χ0) is 16.4. The molecule has 0 spiro atoms. The molecule has 2 aliphatic rings. The summed E-state index contributed by atoms with van der Waals surface area (Å²) in [6, 6.07) is 10.8. The van der Waals surface area contributed by atoms with Crippen molar-refractivity contribution in [1.29, 1.82) is 0 Å². The summed E-state index contributed by atoms with van der Waals surface area (Å²) in [5.41, 5.74) is 2.27. The zero-order valence-corrected chi connectivity index (χ0v) is 14.3. The van der Waals surface area contributed by atoms with Gasteiger partial charge in [-0.3, -0.25) is 9.80 Å². The van der Waals surface area contributed by atoms with E-state index >= 15 is 0 Å². The lowest BCUT2D eigenvalue weighted by Gasteiger charge is -2.46. The van der Waals surface area contributed by atoms with Crippen molar-refractivity contribution in [2.24, 2.45) is 0 Å². The number of likely N-dealkylation sites (N-methyl/N-ethyl adjacent to an activating group) is 1. The Labute approximate surface area is 143 Å². The fourth-order valence-corrected chi connectivity index (χ4v) is 3.75. The van der Waals surface area contributed by atoms with E-state index in [0.717, 1.165) is 31.0 Å². The van der Waals surface area contributed by atoms with Crippen LogP contribution in [-0.4, -0.2) is 77.0 Å². The summed E-state index contributed by atoms with van der Waals surface area (Å²) in [7, 11) is 2.23. The highest BCUT2D eigenvalue weighted by Crippen LogP contribution is 2.18. The maximum atomic E-state index is 4.55. The van der Waals surface area contributed by atoms with Gasteiger partial charge in [-0.15, -0.1) is 0 Å². The minimum absolute atomic E-state index is 0.669. The quantitative estimate of drug-likeness (QED) is 0.857. The van der Waals surface area contributed by atoms with E-state index in [1.54, 1.807) is 0 Å². The van der Waals surface area contributed by atoms with E-state index in [1.807, 2.05) is 42.7 Å². The number of fused-ring (bicyclic) bond motifs is 1. The molecule has 5 heteroatoms. The number of piperazine rings is 2. The predicted octanol–water partition coefficient (Wildman–Crippen LogP) is 1.58. The summed E-state index contributed by atoms with van der Waals surface area (Å²) in [6.45, 7) is 8.01. The van der Waals surface area contributed by atoms with Crippen LogP contribution in [0.25, 0.3) is 11.4 Å². The smallest absolute Gasteiger partial charge is 0.159 e. The molecule has 126 valence electrons. The van der Waals surface area contributed by atoms with Crippen LogP contribution < -0.4 is 0 Å². The van der Waals surface area contributed by atoms with Crippen molar-refractivity contribution in [3.8, 4) is 11.4 Å². The second-order valence-electron chi connectivity index (χ2n) is 6.97. The highest BCUT2D eigenvalue weighted by Gasteiger charge is 2.30. The molecule has 0 amide bonds. The molecule has 0 aliphatic carbocycles. The minimum atomic E-state index is 0.669. The number of aromatic nitrogens is 2. The van der Waals surface area contributed by atoms with Gasteiger partial charge in [-0.1, -0.05) is 30.3 Å². The number of nitrogens with zero attached hydrogens (tertiary/aromatic N) is 5. The molecule has 3 heterocycles. The summed E-state index contributed by atoms with van der Waals surface area (Å²) in [6.07, 6.45) is 3.96. The second kappa shape index (κ2) is 6.97. The van der Waals surface area contributed by atoms with E-state index in [2.05, 4.69) is 31.7 Å². The highest BCUT2D eigenvalue weighted by molar-refractivity contribution is 5.53. The van der Waals surface area contributed by atoms with Gasteiger partial charge in [-0.25, -0.2) is 9.97 Å². The second-order valence-corrected chi connectivity index (χ2v) is 6.97. The van der Waals surface area contributed by atoms with Gasteiger partial charge >= 0.3 is 0 Å². The maximum absolute atomic E-state index is 4.55. The first-order valence-corrected chi connectivity index (χ1v) is 8.79. The molecule has 0 N–H and O–H groups in total. The maximum Gasteiger partial charge on any atom is 0.159 e. The molecule has 1 atom stereocenters. The van der Waals surface area contributed by atoms with Gasteiger partial charge < -0.3 is 4.90 Å². The van der Waals surface area contributed by atoms with Gasteiger partial charge in [-0.05, 0) is 7.05 Å². The molecule has 2 fully saturated rings. The Morgan fingerprint density at radius 3 is 2.50 bits per heavy atom. The standard InChI is InChI=1S/C19H25N5/c1-22-7-9-24-10-8-23(15-18(24)14-22)13-16-11-20-19(21-12-16)17-5-3-2-4-6-17/h2-6,11-12,18H,7-10,13-15H2,1H3/t18-/m1/s1. The molecule has 0 unspecified atom stereocenters. The Kier molecular flexibility index (Phi) is 4.56. The van der Waals surface area contributed by atoms with E-state index < -0.39 is 0 Å². The highest BCUT2D eigenvalue weighted by atomic mass is 15.3. The first-order chi connectivity index (χ1) is 11.8.